The van der Waals surface area contributed by atoms with E-state index in [-0.39, 0.29) is 11.0 Å². The quantitative estimate of drug-likeness (QED) is 0.868. The molecule has 1 N–H and O–H groups in total. The lowest BCUT2D eigenvalue weighted by Crippen LogP contribution is -2.26. The normalized spacial score (nSPS) is 13.4. The Kier molecular flexibility index (Phi) is 3.85. The molecule has 0 aliphatic rings. The lowest BCUT2D eigenvalue weighted by Gasteiger charge is -2.23. The van der Waals surface area contributed by atoms with Crippen LogP contribution in [-0.2, 0) is 17.4 Å². The van der Waals surface area contributed by atoms with Gasteiger partial charge in [0.25, 0.3) is 0 Å². The van der Waals surface area contributed by atoms with Gasteiger partial charge in [0, 0.05) is 5.41 Å². The Morgan fingerprint density at radius 1 is 1.11 bits per heavy atom. The van der Waals surface area contributed by atoms with Crippen LogP contribution >= 0.6 is 0 Å². The molecule has 1 aromatic heterocycles. The summed E-state index contributed by atoms with van der Waals surface area (Å²) in [6, 6.07) is 0. The van der Waals surface area contributed by atoms with Crippen molar-refractivity contribution in [2.24, 2.45) is 5.92 Å². The highest BCUT2D eigenvalue weighted by Crippen LogP contribution is 2.36. The first-order valence-electron chi connectivity index (χ1n) is 6.76. The van der Waals surface area contributed by atoms with Crippen LogP contribution in [0.15, 0.2) is 0 Å². The van der Waals surface area contributed by atoms with Crippen molar-refractivity contribution in [1.29, 1.82) is 0 Å². The molecule has 3 nitrogen and oxygen atoms in total. The fourth-order valence-electron chi connectivity index (χ4n) is 2.07. The van der Waals surface area contributed by atoms with Crippen LogP contribution in [0.2, 0.25) is 0 Å². The molecule has 0 unspecified atom stereocenters. The first-order chi connectivity index (χ1) is 7.94. The van der Waals surface area contributed by atoms with Gasteiger partial charge < -0.3 is 5.11 Å². The first-order valence-corrected chi connectivity index (χ1v) is 6.76. The predicted octanol–water partition coefficient (Wildman–Crippen LogP) is 3.84. The molecule has 0 atom stereocenters. The van der Waals surface area contributed by atoms with Crippen LogP contribution in [-0.4, -0.2) is 14.9 Å². The Hall–Kier alpha value is -0.990. The van der Waals surface area contributed by atoms with Gasteiger partial charge >= 0.3 is 0 Å². The summed E-state index contributed by atoms with van der Waals surface area (Å²) in [5.74, 6) is 0.882. The summed E-state index contributed by atoms with van der Waals surface area (Å²) >= 11 is 0. The largest absolute Gasteiger partial charge is 0.504 e. The number of nitrogens with zero attached hydrogens (tertiary/aromatic N) is 2. The molecule has 0 bridgehead atoms. The highest BCUT2D eigenvalue weighted by Gasteiger charge is 2.30. The second-order valence-electron chi connectivity index (χ2n) is 7.57. The van der Waals surface area contributed by atoms with Gasteiger partial charge in [-0.25, -0.2) is 0 Å². The van der Waals surface area contributed by atoms with Crippen molar-refractivity contribution in [3.05, 3.63) is 11.4 Å². The molecular formula is C15H28N2O. The maximum Gasteiger partial charge on any atom is 0.160 e. The zero-order valence-electron chi connectivity index (χ0n) is 13.1. The zero-order valence-corrected chi connectivity index (χ0v) is 13.1. The Bertz CT molecular complexity index is 417. The van der Waals surface area contributed by atoms with Crippen molar-refractivity contribution in [1.82, 2.24) is 9.78 Å². The summed E-state index contributed by atoms with van der Waals surface area (Å²) in [6.45, 7) is 16.9. The standard InChI is InChI=1S/C15H28N2O/c1-10(2)9-11-12(18)13(14(3,4)5)16-17(11)15(6,7)8/h10,18H,9H2,1-8H3. The third-order valence-corrected chi connectivity index (χ3v) is 2.90. The smallest absolute Gasteiger partial charge is 0.160 e. The molecule has 3 heteroatoms. The Labute approximate surface area is 111 Å². The van der Waals surface area contributed by atoms with Crippen LogP contribution in [0, 0.1) is 5.92 Å². The van der Waals surface area contributed by atoms with Gasteiger partial charge in [-0.2, -0.15) is 5.10 Å². The lowest BCUT2D eigenvalue weighted by molar-refractivity contribution is 0.330. The average Bonchev–Trinajstić information content (AvgIpc) is 2.41. The van der Waals surface area contributed by atoms with Gasteiger partial charge in [0.15, 0.2) is 5.75 Å². The molecule has 18 heavy (non-hydrogen) atoms. The molecule has 1 heterocycles. The fourth-order valence-corrected chi connectivity index (χ4v) is 2.07. The van der Waals surface area contributed by atoms with Crippen molar-refractivity contribution < 1.29 is 5.11 Å². The van der Waals surface area contributed by atoms with E-state index in [0.29, 0.717) is 11.7 Å². The molecule has 104 valence electrons. The minimum Gasteiger partial charge on any atom is -0.504 e. The minimum atomic E-state index is -0.133. The highest BCUT2D eigenvalue weighted by atomic mass is 16.3. The van der Waals surface area contributed by atoms with Gasteiger partial charge in [-0.05, 0) is 33.1 Å². The maximum absolute atomic E-state index is 10.5. The molecule has 1 rings (SSSR count). The number of hydrogen-bond donors (Lipinski definition) is 1. The van der Waals surface area contributed by atoms with Crippen molar-refractivity contribution in [2.45, 2.75) is 72.8 Å². The predicted molar refractivity (Wildman–Crippen MR) is 76.1 cm³/mol. The molecule has 0 radical (unpaired) electrons. The van der Waals surface area contributed by atoms with Crippen molar-refractivity contribution >= 4 is 0 Å². The SMILES string of the molecule is CC(C)Cc1c(O)c(C(C)(C)C)nn1C(C)(C)C. The molecule has 0 amide bonds. The van der Waals surface area contributed by atoms with E-state index >= 15 is 0 Å². The molecule has 0 fully saturated rings. The van der Waals surface area contributed by atoms with Gasteiger partial charge in [-0.15, -0.1) is 0 Å². The van der Waals surface area contributed by atoms with E-state index in [1.54, 1.807) is 0 Å². The van der Waals surface area contributed by atoms with Gasteiger partial charge in [0.05, 0.1) is 11.2 Å². The van der Waals surface area contributed by atoms with Gasteiger partial charge in [-0.1, -0.05) is 34.6 Å². The Morgan fingerprint density at radius 3 is 1.94 bits per heavy atom. The number of hydrogen-bond acceptors (Lipinski definition) is 2. The van der Waals surface area contributed by atoms with Crippen LogP contribution in [0.3, 0.4) is 0 Å². The molecule has 1 aromatic rings. The monoisotopic (exact) mass is 252 g/mol. The third kappa shape index (κ3) is 3.06. The number of rotatable bonds is 2. The van der Waals surface area contributed by atoms with E-state index in [2.05, 4.69) is 60.5 Å². The summed E-state index contributed by atoms with van der Waals surface area (Å²) < 4.78 is 1.99. The first kappa shape index (κ1) is 15.1. The Morgan fingerprint density at radius 2 is 1.61 bits per heavy atom. The van der Waals surface area contributed by atoms with E-state index in [9.17, 15) is 5.11 Å². The zero-order chi connectivity index (χ0) is 14.3. The van der Waals surface area contributed by atoms with Crippen molar-refractivity contribution in [3.63, 3.8) is 0 Å². The fraction of sp³-hybridized carbons (Fsp3) is 0.800. The highest BCUT2D eigenvalue weighted by molar-refractivity contribution is 5.37. The molecule has 0 aliphatic carbocycles. The average molecular weight is 252 g/mol. The molecule has 0 spiro atoms. The summed E-state index contributed by atoms with van der Waals surface area (Å²) in [4.78, 5) is 0. The lowest BCUT2D eigenvalue weighted by atomic mass is 9.91. The van der Waals surface area contributed by atoms with Gasteiger partial charge in [0.2, 0.25) is 0 Å². The molecule has 0 saturated carbocycles. The van der Waals surface area contributed by atoms with E-state index in [1.165, 1.54) is 0 Å². The van der Waals surface area contributed by atoms with E-state index in [4.69, 9.17) is 0 Å². The summed E-state index contributed by atoms with van der Waals surface area (Å²) in [5.41, 5.74) is 1.52. The third-order valence-electron chi connectivity index (χ3n) is 2.90. The summed E-state index contributed by atoms with van der Waals surface area (Å²) in [7, 11) is 0. The van der Waals surface area contributed by atoms with Crippen molar-refractivity contribution in [3.8, 4) is 5.75 Å². The summed E-state index contributed by atoms with van der Waals surface area (Å²) in [5, 5.41) is 15.1. The van der Waals surface area contributed by atoms with E-state index < -0.39 is 0 Å². The van der Waals surface area contributed by atoms with Gasteiger partial charge in [-0.3, -0.25) is 4.68 Å². The Balaban J connectivity index is 3.42. The van der Waals surface area contributed by atoms with Crippen LogP contribution < -0.4 is 0 Å². The molecule has 0 aliphatic heterocycles. The summed E-state index contributed by atoms with van der Waals surface area (Å²) in [6.07, 6.45) is 0.853. The second kappa shape index (κ2) is 4.60. The van der Waals surface area contributed by atoms with E-state index in [0.717, 1.165) is 17.8 Å². The molecule has 0 saturated heterocycles. The molecule has 0 aromatic carbocycles. The number of aromatic nitrogens is 2. The van der Waals surface area contributed by atoms with Gasteiger partial charge in [0.1, 0.15) is 5.69 Å². The maximum atomic E-state index is 10.5. The topological polar surface area (TPSA) is 38.1 Å². The van der Waals surface area contributed by atoms with Crippen LogP contribution in [0.25, 0.3) is 0 Å². The van der Waals surface area contributed by atoms with Crippen LogP contribution in [0.4, 0.5) is 0 Å². The second-order valence-corrected chi connectivity index (χ2v) is 7.57. The van der Waals surface area contributed by atoms with Crippen molar-refractivity contribution in [2.75, 3.05) is 0 Å². The minimum absolute atomic E-state index is 0.106. The van der Waals surface area contributed by atoms with Crippen LogP contribution in [0.5, 0.6) is 5.75 Å². The molecular weight excluding hydrogens is 224 g/mol. The van der Waals surface area contributed by atoms with Crippen LogP contribution in [0.1, 0.15) is 66.8 Å². The van der Waals surface area contributed by atoms with E-state index in [1.807, 2.05) is 4.68 Å². The number of aromatic hydroxyl groups is 1.